The molecule has 0 saturated carbocycles. The van der Waals surface area contributed by atoms with Crippen LogP contribution in [0.1, 0.15) is 19.3 Å². The molecule has 2 aliphatic rings. The van der Waals surface area contributed by atoms with Gasteiger partial charge >= 0.3 is 6.03 Å². The van der Waals surface area contributed by atoms with Crippen molar-refractivity contribution in [3.8, 4) is 0 Å². The molecule has 5 nitrogen and oxygen atoms in total. The van der Waals surface area contributed by atoms with Gasteiger partial charge in [0.05, 0.1) is 13.2 Å². The minimum absolute atomic E-state index is 0.0280. The topological polar surface area (TPSA) is 44.8 Å². The van der Waals surface area contributed by atoms with Gasteiger partial charge in [0.1, 0.15) is 0 Å². The number of ether oxygens (including phenoxy) is 1. The zero-order valence-corrected chi connectivity index (χ0v) is 9.07. The molecule has 2 heterocycles. The number of morpholine rings is 1. The van der Waals surface area contributed by atoms with Gasteiger partial charge < -0.3 is 9.64 Å². The maximum atomic E-state index is 11.8. The van der Waals surface area contributed by atoms with Gasteiger partial charge in [-0.3, -0.25) is 5.43 Å². The summed E-state index contributed by atoms with van der Waals surface area (Å²) in [4.78, 5) is 13.6. The molecule has 0 aliphatic carbocycles. The third-order valence-corrected chi connectivity index (χ3v) is 2.91. The van der Waals surface area contributed by atoms with E-state index in [1.54, 1.807) is 0 Å². The predicted molar refractivity (Wildman–Crippen MR) is 56.3 cm³/mol. The van der Waals surface area contributed by atoms with Crippen molar-refractivity contribution >= 4 is 6.03 Å². The number of hydrogen-bond acceptors (Lipinski definition) is 3. The molecule has 2 rings (SSSR count). The molecule has 0 aromatic heterocycles. The third-order valence-electron chi connectivity index (χ3n) is 2.91. The lowest BCUT2D eigenvalue weighted by molar-refractivity contribution is 0.0446. The number of rotatable bonds is 1. The molecule has 0 aromatic carbocycles. The van der Waals surface area contributed by atoms with Crippen molar-refractivity contribution in [2.45, 2.75) is 19.3 Å². The molecule has 0 spiro atoms. The number of hydrazine groups is 1. The molecule has 2 saturated heterocycles. The van der Waals surface area contributed by atoms with Crippen LogP contribution in [-0.2, 0) is 4.74 Å². The molecule has 0 unspecified atom stereocenters. The van der Waals surface area contributed by atoms with Crippen molar-refractivity contribution in [1.29, 1.82) is 0 Å². The summed E-state index contributed by atoms with van der Waals surface area (Å²) in [5.41, 5.74) is 2.95. The van der Waals surface area contributed by atoms with Crippen molar-refractivity contribution in [2.24, 2.45) is 0 Å². The van der Waals surface area contributed by atoms with Crippen LogP contribution in [0.15, 0.2) is 0 Å². The van der Waals surface area contributed by atoms with Gasteiger partial charge in [0.2, 0.25) is 0 Å². The van der Waals surface area contributed by atoms with Gasteiger partial charge in [0.15, 0.2) is 0 Å². The van der Waals surface area contributed by atoms with Crippen molar-refractivity contribution in [3.63, 3.8) is 0 Å². The summed E-state index contributed by atoms with van der Waals surface area (Å²) in [6.07, 6.45) is 3.65. The first kappa shape index (κ1) is 10.7. The normalized spacial score (nSPS) is 23.9. The maximum absolute atomic E-state index is 11.8. The lowest BCUT2D eigenvalue weighted by Gasteiger charge is -2.32. The van der Waals surface area contributed by atoms with Crippen LogP contribution in [0.4, 0.5) is 4.79 Å². The number of carbonyl (C=O) groups excluding carboxylic acids is 1. The van der Waals surface area contributed by atoms with Gasteiger partial charge in [0.25, 0.3) is 0 Å². The number of nitrogens with zero attached hydrogens (tertiary/aromatic N) is 2. The fourth-order valence-corrected chi connectivity index (χ4v) is 1.98. The molecule has 0 bridgehead atoms. The van der Waals surface area contributed by atoms with Gasteiger partial charge in [-0.15, -0.1) is 0 Å². The van der Waals surface area contributed by atoms with E-state index in [1.807, 2.05) is 9.91 Å². The highest BCUT2D eigenvalue weighted by molar-refractivity contribution is 5.73. The molecule has 5 heteroatoms. The summed E-state index contributed by atoms with van der Waals surface area (Å²) in [6, 6.07) is 0.0280. The quantitative estimate of drug-likeness (QED) is 0.687. The number of urea groups is 1. The fourth-order valence-electron chi connectivity index (χ4n) is 1.98. The van der Waals surface area contributed by atoms with Crippen LogP contribution in [0.25, 0.3) is 0 Å². The Labute approximate surface area is 90.3 Å². The molecule has 0 atom stereocenters. The van der Waals surface area contributed by atoms with Crippen LogP contribution in [0.2, 0.25) is 0 Å². The average molecular weight is 213 g/mol. The second-order valence-electron chi connectivity index (χ2n) is 4.06. The van der Waals surface area contributed by atoms with Crippen LogP contribution in [0.5, 0.6) is 0 Å². The number of nitrogens with one attached hydrogen (secondary N) is 1. The first-order valence-electron chi connectivity index (χ1n) is 5.74. The highest BCUT2D eigenvalue weighted by atomic mass is 16.5. The van der Waals surface area contributed by atoms with Crippen molar-refractivity contribution in [3.05, 3.63) is 0 Å². The molecule has 2 fully saturated rings. The minimum Gasteiger partial charge on any atom is -0.378 e. The smallest absolute Gasteiger partial charge is 0.332 e. The summed E-state index contributed by atoms with van der Waals surface area (Å²) in [7, 11) is 0. The van der Waals surface area contributed by atoms with Gasteiger partial charge in [-0.05, 0) is 12.8 Å². The Bertz CT molecular complexity index is 211. The Morgan fingerprint density at radius 2 is 1.67 bits per heavy atom. The number of piperidine rings is 1. The molecular formula is C10H19N3O2. The second kappa shape index (κ2) is 5.32. The third kappa shape index (κ3) is 3.07. The van der Waals surface area contributed by atoms with Crippen molar-refractivity contribution < 1.29 is 9.53 Å². The van der Waals surface area contributed by atoms with E-state index in [-0.39, 0.29) is 6.03 Å². The molecular weight excluding hydrogens is 194 g/mol. The standard InChI is InChI=1S/C10H19N3O2/c14-10(12-6-8-15-9-7-12)11-13-4-2-1-3-5-13/h1-9H2,(H,11,14). The van der Waals surface area contributed by atoms with E-state index in [0.29, 0.717) is 26.3 Å². The average Bonchev–Trinajstić information content (AvgIpc) is 2.31. The first-order chi connectivity index (χ1) is 7.36. The van der Waals surface area contributed by atoms with Gasteiger partial charge in [-0.1, -0.05) is 6.42 Å². The molecule has 2 amide bonds. The van der Waals surface area contributed by atoms with E-state index in [9.17, 15) is 4.79 Å². The Balaban J connectivity index is 1.74. The minimum atomic E-state index is 0.0280. The molecule has 0 radical (unpaired) electrons. The van der Waals surface area contributed by atoms with Gasteiger partial charge in [0, 0.05) is 26.2 Å². The van der Waals surface area contributed by atoms with Gasteiger partial charge in [-0.2, -0.15) is 0 Å². The molecule has 15 heavy (non-hydrogen) atoms. The van der Waals surface area contributed by atoms with E-state index in [1.165, 1.54) is 19.3 Å². The van der Waals surface area contributed by atoms with Crippen LogP contribution < -0.4 is 5.43 Å². The first-order valence-corrected chi connectivity index (χ1v) is 5.74. The molecule has 86 valence electrons. The Kier molecular flexibility index (Phi) is 3.80. The zero-order chi connectivity index (χ0) is 10.5. The molecule has 1 N–H and O–H groups in total. The van der Waals surface area contributed by atoms with Crippen LogP contribution in [-0.4, -0.2) is 55.3 Å². The summed E-state index contributed by atoms with van der Waals surface area (Å²) in [6.45, 7) is 4.70. The highest BCUT2D eigenvalue weighted by Gasteiger charge is 2.19. The van der Waals surface area contributed by atoms with E-state index in [0.717, 1.165) is 13.1 Å². The Morgan fingerprint density at radius 3 is 2.33 bits per heavy atom. The lowest BCUT2D eigenvalue weighted by Crippen LogP contribution is -2.53. The summed E-state index contributed by atoms with van der Waals surface area (Å²) >= 11 is 0. The van der Waals surface area contributed by atoms with Crippen LogP contribution in [0, 0.1) is 0 Å². The van der Waals surface area contributed by atoms with Gasteiger partial charge in [-0.25, -0.2) is 9.80 Å². The van der Waals surface area contributed by atoms with Crippen molar-refractivity contribution in [1.82, 2.24) is 15.3 Å². The SMILES string of the molecule is O=C(NN1CCCCC1)N1CCOCC1. The maximum Gasteiger partial charge on any atom is 0.332 e. The second-order valence-corrected chi connectivity index (χ2v) is 4.06. The molecule has 0 aromatic rings. The van der Waals surface area contributed by atoms with E-state index >= 15 is 0 Å². The zero-order valence-electron chi connectivity index (χ0n) is 9.07. The Hall–Kier alpha value is -0.810. The number of hydrogen-bond donors (Lipinski definition) is 1. The lowest BCUT2D eigenvalue weighted by atomic mass is 10.2. The monoisotopic (exact) mass is 213 g/mol. The highest BCUT2D eigenvalue weighted by Crippen LogP contribution is 2.06. The van der Waals surface area contributed by atoms with Crippen LogP contribution >= 0.6 is 0 Å². The summed E-state index contributed by atoms with van der Waals surface area (Å²) < 4.78 is 5.20. The number of carbonyl (C=O) groups is 1. The summed E-state index contributed by atoms with van der Waals surface area (Å²) in [5.74, 6) is 0. The largest absolute Gasteiger partial charge is 0.378 e. The van der Waals surface area contributed by atoms with Crippen LogP contribution in [0.3, 0.4) is 0 Å². The van der Waals surface area contributed by atoms with E-state index < -0.39 is 0 Å². The molecule has 2 aliphatic heterocycles. The predicted octanol–water partition coefficient (Wildman–Crippen LogP) is 0.429. The summed E-state index contributed by atoms with van der Waals surface area (Å²) in [5, 5.41) is 2.03. The number of amides is 2. The fraction of sp³-hybridized carbons (Fsp3) is 0.900. The van der Waals surface area contributed by atoms with E-state index in [4.69, 9.17) is 4.74 Å². The van der Waals surface area contributed by atoms with Crippen molar-refractivity contribution in [2.75, 3.05) is 39.4 Å². The van der Waals surface area contributed by atoms with E-state index in [2.05, 4.69) is 5.43 Å². The Morgan fingerprint density at radius 1 is 1.00 bits per heavy atom.